The van der Waals surface area contributed by atoms with Crippen LogP contribution in [0.2, 0.25) is 0 Å². The molecule has 0 atom stereocenters. The predicted molar refractivity (Wildman–Crippen MR) is 68.8 cm³/mol. The van der Waals surface area contributed by atoms with Crippen molar-refractivity contribution in [3.05, 3.63) is 5.73 Å². The largest absolute Gasteiger partial charge is 0.672 e. The molecular formula is C13H28NO2Y-. The molecule has 0 aliphatic heterocycles. The number of nitrogens with one attached hydrogen (secondary N) is 1. The molecule has 0 fully saturated rings. The van der Waals surface area contributed by atoms with Crippen molar-refractivity contribution in [2.75, 3.05) is 13.2 Å². The second kappa shape index (κ2) is 8.98. The zero-order valence-electron chi connectivity index (χ0n) is 12.3. The minimum Gasteiger partial charge on any atom is -0.672 e. The molecule has 0 unspecified atom stereocenters. The Morgan fingerprint density at radius 3 is 1.94 bits per heavy atom. The van der Waals surface area contributed by atoms with Gasteiger partial charge in [0.1, 0.15) is 0 Å². The summed E-state index contributed by atoms with van der Waals surface area (Å²) in [5.41, 5.74) is 7.18. The maximum Gasteiger partial charge on any atom is 0.0648 e. The van der Waals surface area contributed by atoms with Gasteiger partial charge in [0.25, 0.3) is 0 Å². The fourth-order valence-electron chi connectivity index (χ4n) is 1.20. The van der Waals surface area contributed by atoms with Gasteiger partial charge in [-0.25, -0.2) is 0 Å². The zero-order valence-corrected chi connectivity index (χ0v) is 15.1. The monoisotopic (exact) mass is 319 g/mol. The Bertz CT molecular complexity index is 188. The van der Waals surface area contributed by atoms with Crippen molar-refractivity contribution in [1.29, 1.82) is 0 Å². The van der Waals surface area contributed by atoms with Crippen LogP contribution in [0, 0.1) is 0 Å². The van der Waals surface area contributed by atoms with Crippen molar-refractivity contribution < 1.29 is 42.2 Å². The molecule has 0 saturated carbocycles. The van der Waals surface area contributed by atoms with Crippen LogP contribution < -0.4 is 0 Å². The fourth-order valence-corrected chi connectivity index (χ4v) is 1.20. The van der Waals surface area contributed by atoms with Crippen LogP contribution in [0.25, 0.3) is 5.73 Å². The molecule has 0 aliphatic rings. The van der Waals surface area contributed by atoms with E-state index in [1.54, 1.807) is 0 Å². The van der Waals surface area contributed by atoms with Gasteiger partial charge >= 0.3 is 0 Å². The van der Waals surface area contributed by atoms with E-state index in [2.05, 4.69) is 13.8 Å². The number of hydrogen-bond donors (Lipinski definition) is 0. The molecule has 101 valence electrons. The van der Waals surface area contributed by atoms with Crippen LogP contribution in [0.15, 0.2) is 0 Å². The maximum atomic E-state index is 7.73. The summed E-state index contributed by atoms with van der Waals surface area (Å²) in [6, 6.07) is 0. The van der Waals surface area contributed by atoms with Crippen molar-refractivity contribution in [3.63, 3.8) is 0 Å². The van der Waals surface area contributed by atoms with Gasteiger partial charge in [0, 0.05) is 45.9 Å². The van der Waals surface area contributed by atoms with Gasteiger partial charge in [-0.1, -0.05) is 13.8 Å². The molecule has 0 aliphatic carbocycles. The fraction of sp³-hybridized carbons (Fsp3) is 1.00. The minimum absolute atomic E-state index is 0. The van der Waals surface area contributed by atoms with Crippen LogP contribution in [0.4, 0.5) is 0 Å². The van der Waals surface area contributed by atoms with Gasteiger partial charge in [0.15, 0.2) is 0 Å². The summed E-state index contributed by atoms with van der Waals surface area (Å²) in [6.45, 7) is 13.4. The molecule has 17 heavy (non-hydrogen) atoms. The first-order valence-corrected chi connectivity index (χ1v) is 6.13. The molecule has 0 bridgehead atoms. The van der Waals surface area contributed by atoms with Gasteiger partial charge in [-0.3, -0.25) is 0 Å². The number of hydrogen-bond acceptors (Lipinski definition) is 2. The van der Waals surface area contributed by atoms with E-state index < -0.39 is 5.54 Å². The summed E-state index contributed by atoms with van der Waals surface area (Å²) in [7, 11) is 0. The number of ether oxygens (including phenoxy) is 2. The van der Waals surface area contributed by atoms with Crippen LogP contribution in [0.5, 0.6) is 0 Å². The van der Waals surface area contributed by atoms with Gasteiger partial charge in [-0.05, 0) is 40.5 Å². The molecule has 4 heteroatoms. The Morgan fingerprint density at radius 2 is 1.53 bits per heavy atom. The smallest absolute Gasteiger partial charge is 0.0648 e. The van der Waals surface area contributed by atoms with E-state index in [4.69, 9.17) is 15.2 Å². The van der Waals surface area contributed by atoms with Crippen LogP contribution in [0.1, 0.15) is 54.4 Å². The molecule has 0 rings (SSSR count). The third-order valence-electron chi connectivity index (χ3n) is 2.38. The molecule has 1 N–H and O–H groups in total. The second-order valence-corrected chi connectivity index (χ2v) is 5.91. The molecule has 0 heterocycles. The van der Waals surface area contributed by atoms with Gasteiger partial charge < -0.3 is 15.2 Å². The average Bonchev–Trinajstić information content (AvgIpc) is 1.99. The van der Waals surface area contributed by atoms with Crippen molar-refractivity contribution in [2.45, 2.75) is 71.6 Å². The van der Waals surface area contributed by atoms with Gasteiger partial charge in [0.05, 0.1) is 11.7 Å². The van der Waals surface area contributed by atoms with E-state index in [9.17, 15) is 0 Å². The molecular weight excluding hydrogens is 291 g/mol. The first-order chi connectivity index (χ1) is 7.12. The zero-order chi connectivity index (χ0) is 12.8. The third kappa shape index (κ3) is 14.9. The van der Waals surface area contributed by atoms with E-state index >= 15 is 0 Å². The normalized spacial score (nSPS) is 12.7. The Balaban J connectivity index is 0. The Hall–Kier alpha value is 0.984. The molecule has 0 aromatic rings. The third-order valence-corrected chi connectivity index (χ3v) is 2.38. The first-order valence-electron chi connectivity index (χ1n) is 6.13. The quantitative estimate of drug-likeness (QED) is 0.682. The van der Waals surface area contributed by atoms with Crippen molar-refractivity contribution in [3.8, 4) is 0 Å². The Morgan fingerprint density at radius 1 is 1.00 bits per heavy atom. The number of rotatable bonds is 8. The van der Waals surface area contributed by atoms with Gasteiger partial charge in [-0.15, -0.1) is 5.54 Å². The van der Waals surface area contributed by atoms with Crippen LogP contribution in [-0.2, 0) is 42.2 Å². The molecule has 0 aromatic heterocycles. The van der Waals surface area contributed by atoms with E-state index in [1.807, 2.05) is 27.7 Å². The van der Waals surface area contributed by atoms with Crippen molar-refractivity contribution in [1.82, 2.24) is 0 Å². The molecule has 1 radical (unpaired) electrons. The van der Waals surface area contributed by atoms with Crippen molar-refractivity contribution in [2.24, 2.45) is 0 Å². The summed E-state index contributed by atoms with van der Waals surface area (Å²) in [4.78, 5) is 0. The maximum absolute atomic E-state index is 7.73. The molecule has 0 aromatic carbocycles. The second-order valence-electron chi connectivity index (χ2n) is 5.91. The minimum atomic E-state index is -0.398. The van der Waals surface area contributed by atoms with Gasteiger partial charge in [0.2, 0.25) is 0 Å². The van der Waals surface area contributed by atoms with E-state index in [0.717, 1.165) is 19.4 Å². The molecule has 0 spiro atoms. The summed E-state index contributed by atoms with van der Waals surface area (Å²) >= 11 is 0. The molecule has 3 nitrogen and oxygen atoms in total. The SMILES string of the molecule is CC(C)OCCC(C)(C)OCCC(C)(C)[NH-].[Y]. The van der Waals surface area contributed by atoms with Crippen LogP contribution >= 0.6 is 0 Å². The van der Waals surface area contributed by atoms with E-state index in [1.165, 1.54) is 0 Å². The Kier molecular flexibility index (Phi) is 10.7. The predicted octanol–water partition coefficient (Wildman–Crippen LogP) is 3.82. The van der Waals surface area contributed by atoms with Gasteiger partial charge in [-0.2, -0.15) is 0 Å². The summed E-state index contributed by atoms with van der Waals surface area (Å²) in [6.07, 6.45) is 1.94. The molecule has 0 amide bonds. The summed E-state index contributed by atoms with van der Waals surface area (Å²) < 4.78 is 11.3. The van der Waals surface area contributed by atoms with Crippen LogP contribution in [0.3, 0.4) is 0 Å². The Labute approximate surface area is 132 Å². The first kappa shape index (κ1) is 20.3. The van der Waals surface area contributed by atoms with E-state index in [-0.39, 0.29) is 44.4 Å². The van der Waals surface area contributed by atoms with Crippen molar-refractivity contribution >= 4 is 0 Å². The summed E-state index contributed by atoms with van der Waals surface area (Å²) in [5.74, 6) is 0. The topological polar surface area (TPSA) is 42.3 Å². The average molecular weight is 319 g/mol. The molecule has 0 saturated heterocycles. The van der Waals surface area contributed by atoms with E-state index in [0.29, 0.717) is 6.61 Å². The standard InChI is InChI=1S/C13H28NO2.Y/c1-11(2)15-9-8-13(5,6)16-10-7-12(3,4)14;/h11,14H,7-10H2,1-6H3;/q-1;. The van der Waals surface area contributed by atoms with Crippen LogP contribution in [-0.4, -0.2) is 30.5 Å². The summed E-state index contributed by atoms with van der Waals surface area (Å²) in [5, 5.41) is 0.